The van der Waals surface area contributed by atoms with Crippen molar-refractivity contribution in [1.82, 2.24) is 35.6 Å². The van der Waals surface area contributed by atoms with Crippen molar-refractivity contribution in [2.24, 2.45) is 5.92 Å². The van der Waals surface area contributed by atoms with Crippen molar-refractivity contribution in [3.8, 4) is 17.1 Å². The third-order valence-electron chi connectivity index (χ3n) is 7.27. The lowest BCUT2D eigenvalue weighted by molar-refractivity contribution is -0.138. The van der Waals surface area contributed by atoms with Crippen LogP contribution in [0.2, 0.25) is 0 Å². The van der Waals surface area contributed by atoms with E-state index in [1.165, 1.54) is 4.90 Å². The third kappa shape index (κ3) is 6.76. The Bertz CT molecular complexity index is 1460. The fourth-order valence-electron chi connectivity index (χ4n) is 5.05. The molecule has 5 rings (SSSR count). The average molecular weight is 574 g/mol. The van der Waals surface area contributed by atoms with Gasteiger partial charge in [0, 0.05) is 30.6 Å². The number of nitrogens with zero attached hydrogens (tertiary/aromatic N) is 4. The SMILES string of the molecule is CC(C)[C@@H]1NC(=O)CN(C(=O)[C@@H]2CCC(=O)N2)CCNC(=O)c2cccc(c2)OCCn2nc(-c3ccccc3)nc21. The molecule has 0 unspecified atom stereocenters. The van der Waals surface area contributed by atoms with Gasteiger partial charge < -0.3 is 25.6 Å². The molecule has 1 aromatic heterocycles. The third-order valence-corrected chi connectivity index (χ3v) is 7.27. The number of hydrogen-bond donors (Lipinski definition) is 3. The van der Waals surface area contributed by atoms with Gasteiger partial charge in [0.1, 0.15) is 18.4 Å². The summed E-state index contributed by atoms with van der Waals surface area (Å²) in [4.78, 5) is 57.7. The summed E-state index contributed by atoms with van der Waals surface area (Å²) in [7, 11) is 0. The Kier molecular flexibility index (Phi) is 8.80. The molecule has 2 atom stereocenters. The van der Waals surface area contributed by atoms with Crippen molar-refractivity contribution in [3.63, 3.8) is 0 Å². The molecule has 0 radical (unpaired) electrons. The zero-order chi connectivity index (χ0) is 29.6. The second-order valence-corrected chi connectivity index (χ2v) is 10.7. The van der Waals surface area contributed by atoms with E-state index in [-0.39, 0.29) is 62.2 Å². The molecule has 220 valence electrons. The van der Waals surface area contributed by atoms with Crippen LogP contribution in [0.3, 0.4) is 0 Å². The number of benzene rings is 2. The van der Waals surface area contributed by atoms with E-state index >= 15 is 0 Å². The van der Waals surface area contributed by atoms with Crippen molar-refractivity contribution in [3.05, 3.63) is 66.0 Å². The molecule has 12 nitrogen and oxygen atoms in total. The van der Waals surface area contributed by atoms with Gasteiger partial charge >= 0.3 is 0 Å². The zero-order valence-corrected chi connectivity index (χ0v) is 23.7. The van der Waals surface area contributed by atoms with Crippen LogP contribution in [0.15, 0.2) is 54.6 Å². The van der Waals surface area contributed by atoms with Crippen LogP contribution >= 0.6 is 0 Å². The van der Waals surface area contributed by atoms with E-state index in [2.05, 4.69) is 16.0 Å². The minimum absolute atomic E-state index is 0.0576. The molecule has 2 bridgehead atoms. The summed E-state index contributed by atoms with van der Waals surface area (Å²) >= 11 is 0. The summed E-state index contributed by atoms with van der Waals surface area (Å²) in [6.07, 6.45) is 0.606. The van der Waals surface area contributed by atoms with Gasteiger partial charge in [0.15, 0.2) is 11.6 Å². The molecule has 0 aliphatic carbocycles. The Balaban J connectivity index is 1.48. The number of hydrogen-bond acceptors (Lipinski definition) is 7. The molecule has 2 aliphatic heterocycles. The first-order valence-electron chi connectivity index (χ1n) is 14.2. The van der Waals surface area contributed by atoms with Gasteiger partial charge in [-0.05, 0) is 30.5 Å². The predicted molar refractivity (Wildman–Crippen MR) is 153 cm³/mol. The fourth-order valence-corrected chi connectivity index (χ4v) is 5.05. The lowest BCUT2D eigenvalue weighted by atomic mass is 10.0. The highest BCUT2D eigenvalue weighted by Crippen LogP contribution is 2.24. The number of fused-ring (bicyclic) bond motifs is 3. The van der Waals surface area contributed by atoms with Gasteiger partial charge in [0.25, 0.3) is 5.91 Å². The van der Waals surface area contributed by atoms with Crippen molar-refractivity contribution in [2.45, 2.75) is 45.3 Å². The number of carbonyl (C=O) groups is 4. The monoisotopic (exact) mass is 573 g/mol. The maximum atomic E-state index is 13.5. The van der Waals surface area contributed by atoms with E-state index in [0.717, 1.165) is 5.56 Å². The first kappa shape index (κ1) is 28.8. The molecule has 4 amide bonds. The Morgan fingerprint density at radius 2 is 1.76 bits per heavy atom. The molecule has 3 N–H and O–H groups in total. The van der Waals surface area contributed by atoms with Crippen LogP contribution in [-0.4, -0.2) is 75.6 Å². The molecule has 1 fully saturated rings. The molecule has 3 heterocycles. The topological polar surface area (TPSA) is 148 Å². The second kappa shape index (κ2) is 12.8. The molecule has 12 heteroatoms. The molecule has 1 saturated heterocycles. The van der Waals surface area contributed by atoms with Gasteiger partial charge in [-0.15, -0.1) is 0 Å². The molecule has 2 aliphatic rings. The minimum atomic E-state index is -0.707. The van der Waals surface area contributed by atoms with Crippen molar-refractivity contribution < 1.29 is 23.9 Å². The van der Waals surface area contributed by atoms with Crippen LogP contribution in [0.5, 0.6) is 5.75 Å². The Labute approximate surface area is 243 Å². The van der Waals surface area contributed by atoms with Crippen LogP contribution < -0.4 is 20.7 Å². The summed E-state index contributed by atoms with van der Waals surface area (Å²) < 4.78 is 7.71. The van der Waals surface area contributed by atoms with E-state index in [1.807, 2.05) is 44.2 Å². The Hall–Kier alpha value is -4.74. The number of nitrogens with one attached hydrogen (secondary N) is 3. The highest BCUT2D eigenvalue weighted by atomic mass is 16.5. The van der Waals surface area contributed by atoms with Crippen LogP contribution in [0.25, 0.3) is 11.4 Å². The Morgan fingerprint density at radius 3 is 2.50 bits per heavy atom. The maximum absolute atomic E-state index is 13.5. The highest BCUT2D eigenvalue weighted by Gasteiger charge is 2.33. The largest absolute Gasteiger partial charge is 0.492 e. The standard InChI is InChI=1S/C30H35N7O5/c1-19(2)26-28-34-27(20-7-4-3-5-8-20)35-37(28)15-16-42-22-10-6-9-21(17-22)29(40)31-13-14-36(18-25(39)33-26)30(41)23-11-12-24(38)32-23/h3-10,17,19,23,26H,11-16,18H2,1-2H3,(H,31,40)(H,32,38)(H,33,39)/t23-,26-/m0/s1. The lowest BCUT2D eigenvalue weighted by Crippen LogP contribution is -2.51. The smallest absolute Gasteiger partial charge is 0.251 e. The van der Waals surface area contributed by atoms with Crippen molar-refractivity contribution in [1.29, 1.82) is 0 Å². The molecule has 0 spiro atoms. The van der Waals surface area contributed by atoms with Crippen molar-refractivity contribution in [2.75, 3.05) is 26.2 Å². The summed E-state index contributed by atoms with van der Waals surface area (Å²) in [5.74, 6) is 0.268. The molecular weight excluding hydrogens is 538 g/mol. The first-order chi connectivity index (χ1) is 20.3. The first-order valence-corrected chi connectivity index (χ1v) is 14.2. The van der Waals surface area contributed by atoms with E-state index in [1.54, 1.807) is 28.9 Å². The lowest BCUT2D eigenvalue weighted by Gasteiger charge is -2.27. The number of amides is 4. The summed E-state index contributed by atoms with van der Waals surface area (Å²) in [6.45, 7) is 4.50. The number of aromatic nitrogens is 3. The summed E-state index contributed by atoms with van der Waals surface area (Å²) in [5, 5.41) is 13.3. The molecule has 0 saturated carbocycles. The van der Waals surface area contributed by atoms with Crippen LogP contribution in [-0.2, 0) is 20.9 Å². The number of ether oxygens (including phenoxy) is 1. The normalized spacial score (nSPS) is 20.2. The molecule has 3 aromatic rings. The van der Waals surface area contributed by atoms with Crippen LogP contribution in [0.1, 0.15) is 48.9 Å². The molecule has 42 heavy (non-hydrogen) atoms. The van der Waals surface area contributed by atoms with Gasteiger partial charge in [0.2, 0.25) is 17.7 Å². The predicted octanol–water partition coefficient (Wildman–Crippen LogP) is 1.69. The van der Waals surface area contributed by atoms with Gasteiger partial charge in [-0.25, -0.2) is 9.67 Å². The molecule has 2 aromatic carbocycles. The summed E-state index contributed by atoms with van der Waals surface area (Å²) in [6, 6.07) is 15.2. The molecular formula is C30H35N7O5. The fraction of sp³-hybridized carbons (Fsp3) is 0.400. The maximum Gasteiger partial charge on any atom is 0.251 e. The van der Waals surface area contributed by atoms with Crippen molar-refractivity contribution >= 4 is 23.6 Å². The van der Waals surface area contributed by atoms with Gasteiger partial charge in [-0.1, -0.05) is 50.2 Å². The summed E-state index contributed by atoms with van der Waals surface area (Å²) in [5.41, 5.74) is 1.24. The van der Waals surface area contributed by atoms with E-state index in [0.29, 0.717) is 35.9 Å². The Morgan fingerprint density at radius 1 is 0.976 bits per heavy atom. The highest BCUT2D eigenvalue weighted by molar-refractivity contribution is 5.95. The van der Waals surface area contributed by atoms with Gasteiger partial charge in [-0.3, -0.25) is 19.2 Å². The number of carbonyl (C=O) groups excluding carboxylic acids is 4. The van der Waals surface area contributed by atoms with E-state index < -0.39 is 12.1 Å². The average Bonchev–Trinajstić information content (AvgIpc) is 3.61. The van der Waals surface area contributed by atoms with E-state index in [9.17, 15) is 19.2 Å². The minimum Gasteiger partial charge on any atom is -0.492 e. The van der Waals surface area contributed by atoms with Gasteiger partial charge in [-0.2, -0.15) is 5.10 Å². The zero-order valence-electron chi connectivity index (χ0n) is 23.7. The second-order valence-electron chi connectivity index (χ2n) is 10.7. The van der Waals surface area contributed by atoms with Crippen LogP contribution in [0, 0.1) is 5.92 Å². The quantitative estimate of drug-likeness (QED) is 0.432. The van der Waals surface area contributed by atoms with Gasteiger partial charge in [0.05, 0.1) is 19.1 Å². The number of rotatable bonds is 3. The van der Waals surface area contributed by atoms with Crippen LogP contribution in [0.4, 0.5) is 0 Å². The van der Waals surface area contributed by atoms with E-state index in [4.69, 9.17) is 14.8 Å².